The minimum Gasteiger partial charge on any atom is -0.392 e. The van der Waals surface area contributed by atoms with Crippen molar-refractivity contribution in [3.8, 4) is 0 Å². The molecule has 0 saturated carbocycles. The van der Waals surface area contributed by atoms with Crippen molar-refractivity contribution in [2.24, 2.45) is 5.92 Å². The molecule has 0 aromatic heterocycles. The van der Waals surface area contributed by atoms with Crippen molar-refractivity contribution in [2.75, 3.05) is 39.3 Å². The molecule has 1 N–H and O–H groups in total. The van der Waals surface area contributed by atoms with Gasteiger partial charge >= 0.3 is 0 Å². The van der Waals surface area contributed by atoms with Gasteiger partial charge in [-0.2, -0.15) is 0 Å². The maximum absolute atomic E-state index is 13.0. The van der Waals surface area contributed by atoms with Crippen molar-refractivity contribution in [3.63, 3.8) is 0 Å². The quantitative estimate of drug-likeness (QED) is 0.880. The standard InChI is InChI=1S/C21H31N3O2/c1-16(2)10-22-13-21(14-22)15-23(11-18-9-19(25)12-24(18)21)20(26)8-17-6-4-3-5-7-17/h3-7,16,18-19,25H,8-15H2,1-2H3. The Morgan fingerprint density at radius 2 is 1.92 bits per heavy atom. The second kappa shape index (κ2) is 6.95. The highest BCUT2D eigenvalue weighted by molar-refractivity contribution is 5.79. The minimum atomic E-state index is -0.250. The summed E-state index contributed by atoms with van der Waals surface area (Å²) < 4.78 is 0. The fraction of sp³-hybridized carbons (Fsp3) is 0.667. The van der Waals surface area contributed by atoms with Crippen LogP contribution in [0.25, 0.3) is 0 Å². The molecule has 2 unspecified atom stereocenters. The number of nitrogens with zero attached hydrogens (tertiary/aromatic N) is 3. The summed E-state index contributed by atoms with van der Waals surface area (Å²) >= 11 is 0. The van der Waals surface area contributed by atoms with Crippen LogP contribution in [0.5, 0.6) is 0 Å². The van der Waals surface area contributed by atoms with Gasteiger partial charge in [0.15, 0.2) is 0 Å². The van der Waals surface area contributed by atoms with Crippen molar-refractivity contribution in [3.05, 3.63) is 35.9 Å². The number of carbonyl (C=O) groups excluding carboxylic acids is 1. The number of hydrogen-bond acceptors (Lipinski definition) is 4. The van der Waals surface area contributed by atoms with E-state index < -0.39 is 0 Å². The van der Waals surface area contributed by atoms with Gasteiger partial charge in [0.1, 0.15) is 0 Å². The Balaban J connectivity index is 1.47. The summed E-state index contributed by atoms with van der Waals surface area (Å²) in [5.74, 6) is 0.880. The molecule has 26 heavy (non-hydrogen) atoms. The minimum absolute atomic E-state index is 0.0433. The van der Waals surface area contributed by atoms with Crippen molar-refractivity contribution >= 4 is 5.91 Å². The van der Waals surface area contributed by atoms with E-state index in [1.165, 1.54) is 0 Å². The van der Waals surface area contributed by atoms with E-state index in [4.69, 9.17) is 0 Å². The molecule has 5 heteroatoms. The van der Waals surface area contributed by atoms with Gasteiger partial charge in [0, 0.05) is 45.3 Å². The molecule has 3 aliphatic rings. The van der Waals surface area contributed by atoms with Crippen molar-refractivity contribution in [2.45, 2.75) is 44.4 Å². The molecule has 0 bridgehead atoms. The lowest BCUT2D eigenvalue weighted by molar-refractivity contribution is -0.150. The van der Waals surface area contributed by atoms with Crippen LogP contribution in [0.3, 0.4) is 0 Å². The zero-order valence-electron chi connectivity index (χ0n) is 16.0. The largest absolute Gasteiger partial charge is 0.392 e. The van der Waals surface area contributed by atoms with Crippen LogP contribution in [0.1, 0.15) is 25.8 Å². The average molecular weight is 357 g/mol. The van der Waals surface area contributed by atoms with Gasteiger partial charge < -0.3 is 10.0 Å². The highest BCUT2D eigenvalue weighted by atomic mass is 16.3. The lowest BCUT2D eigenvalue weighted by atomic mass is 9.83. The first-order chi connectivity index (χ1) is 12.4. The Bertz CT molecular complexity index is 642. The van der Waals surface area contributed by atoms with Gasteiger partial charge in [-0.1, -0.05) is 44.2 Å². The average Bonchev–Trinajstić information content (AvgIpc) is 2.94. The second-order valence-corrected chi connectivity index (χ2v) is 8.92. The summed E-state index contributed by atoms with van der Waals surface area (Å²) in [5.41, 5.74) is 1.12. The number of piperazine rings is 1. The maximum Gasteiger partial charge on any atom is 0.227 e. The van der Waals surface area contributed by atoms with Crippen LogP contribution in [-0.4, -0.2) is 82.7 Å². The summed E-state index contributed by atoms with van der Waals surface area (Å²) in [7, 11) is 0. The van der Waals surface area contributed by atoms with Crippen LogP contribution in [0.4, 0.5) is 0 Å². The normalized spacial score (nSPS) is 28.4. The van der Waals surface area contributed by atoms with Crippen LogP contribution >= 0.6 is 0 Å². The van der Waals surface area contributed by atoms with Crippen molar-refractivity contribution in [1.29, 1.82) is 0 Å². The molecule has 3 aliphatic heterocycles. The SMILES string of the molecule is CC(C)CN1CC2(C1)CN(C(=O)Cc1ccccc1)CC1CC(O)CN12. The molecule has 4 rings (SSSR count). The summed E-state index contributed by atoms with van der Waals surface area (Å²) in [5, 5.41) is 10.2. The molecule has 1 aromatic carbocycles. The smallest absolute Gasteiger partial charge is 0.227 e. The predicted molar refractivity (Wildman–Crippen MR) is 102 cm³/mol. The van der Waals surface area contributed by atoms with E-state index in [1.54, 1.807) is 0 Å². The first-order valence-electron chi connectivity index (χ1n) is 9.94. The Morgan fingerprint density at radius 1 is 1.19 bits per heavy atom. The molecule has 5 nitrogen and oxygen atoms in total. The van der Waals surface area contributed by atoms with E-state index in [0.717, 1.165) is 51.3 Å². The molecule has 0 radical (unpaired) electrons. The lowest BCUT2D eigenvalue weighted by Gasteiger charge is -2.61. The first kappa shape index (κ1) is 18.0. The van der Waals surface area contributed by atoms with Crippen LogP contribution in [0.15, 0.2) is 30.3 Å². The number of amides is 1. The molecule has 0 aliphatic carbocycles. The van der Waals surface area contributed by atoms with Crippen molar-refractivity contribution in [1.82, 2.24) is 14.7 Å². The highest BCUT2D eigenvalue weighted by Gasteiger charge is 2.56. The molecule has 3 saturated heterocycles. The Kier molecular flexibility index (Phi) is 4.80. The zero-order chi connectivity index (χ0) is 18.3. The van der Waals surface area contributed by atoms with E-state index in [-0.39, 0.29) is 17.6 Å². The van der Waals surface area contributed by atoms with Crippen LogP contribution < -0.4 is 0 Å². The Hall–Kier alpha value is -1.43. The van der Waals surface area contributed by atoms with Crippen LogP contribution in [-0.2, 0) is 11.2 Å². The number of likely N-dealkylation sites (tertiary alicyclic amines) is 1. The number of fused-ring (bicyclic) bond motifs is 2. The molecule has 1 aromatic rings. The lowest BCUT2D eigenvalue weighted by Crippen LogP contribution is -2.78. The zero-order valence-corrected chi connectivity index (χ0v) is 16.0. The monoisotopic (exact) mass is 357 g/mol. The number of β-amino-alcohol motifs (C(OH)–C–C–N with tert-alkyl or cyclic N) is 1. The molecular weight excluding hydrogens is 326 g/mol. The summed E-state index contributed by atoms with van der Waals surface area (Å²) in [4.78, 5) is 20.0. The van der Waals surface area contributed by atoms with Gasteiger partial charge in [0.05, 0.1) is 18.1 Å². The van der Waals surface area contributed by atoms with Gasteiger partial charge in [-0.15, -0.1) is 0 Å². The van der Waals surface area contributed by atoms with Gasteiger partial charge in [-0.3, -0.25) is 14.6 Å². The fourth-order valence-corrected chi connectivity index (χ4v) is 5.20. The molecule has 142 valence electrons. The second-order valence-electron chi connectivity index (χ2n) is 8.92. The third-order valence-corrected chi connectivity index (χ3v) is 6.13. The molecular formula is C21H31N3O2. The number of hydrogen-bond donors (Lipinski definition) is 1. The molecule has 3 fully saturated rings. The first-order valence-corrected chi connectivity index (χ1v) is 9.94. The predicted octanol–water partition coefficient (Wildman–Crippen LogP) is 1.22. The van der Waals surface area contributed by atoms with E-state index in [0.29, 0.717) is 18.4 Å². The van der Waals surface area contributed by atoms with E-state index >= 15 is 0 Å². The van der Waals surface area contributed by atoms with Gasteiger partial charge in [0.25, 0.3) is 0 Å². The number of aliphatic hydroxyl groups is 1. The van der Waals surface area contributed by atoms with Crippen molar-refractivity contribution < 1.29 is 9.90 Å². The maximum atomic E-state index is 13.0. The Labute approximate surface area is 156 Å². The van der Waals surface area contributed by atoms with Gasteiger partial charge in [-0.05, 0) is 17.9 Å². The third kappa shape index (κ3) is 3.40. The fourth-order valence-electron chi connectivity index (χ4n) is 5.20. The van der Waals surface area contributed by atoms with E-state index in [1.807, 2.05) is 30.3 Å². The molecule has 1 spiro atoms. The number of benzene rings is 1. The van der Waals surface area contributed by atoms with E-state index in [2.05, 4.69) is 28.5 Å². The molecule has 2 atom stereocenters. The molecule has 1 amide bonds. The summed E-state index contributed by atoms with van der Waals surface area (Å²) in [6.07, 6.45) is 1.02. The third-order valence-electron chi connectivity index (χ3n) is 6.13. The Morgan fingerprint density at radius 3 is 2.62 bits per heavy atom. The topological polar surface area (TPSA) is 47.0 Å². The number of rotatable bonds is 4. The van der Waals surface area contributed by atoms with Gasteiger partial charge in [-0.25, -0.2) is 0 Å². The number of aliphatic hydroxyl groups excluding tert-OH is 1. The van der Waals surface area contributed by atoms with Crippen LogP contribution in [0, 0.1) is 5.92 Å². The highest BCUT2D eigenvalue weighted by Crippen LogP contribution is 2.39. The molecule has 3 heterocycles. The van der Waals surface area contributed by atoms with Crippen LogP contribution in [0.2, 0.25) is 0 Å². The summed E-state index contributed by atoms with van der Waals surface area (Å²) in [6, 6.07) is 10.3. The van der Waals surface area contributed by atoms with E-state index in [9.17, 15) is 9.90 Å². The van der Waals surface area contributed by atoms with Gasteiger partial charge in [0.2, 0.25) is 5.91 Å². The number of carbonyl (C=O) groups is 1. The summed E-state index contributed by atoms with van der Waals surface area (Å²) in [6.45, 7) is 9.98.